The molecule has 2 aromatic rings. The second-order valence-corrected chi connectivity index (χ2v) is 5.76. The van der Waals surface area contributed by atoms with Crippen LogP contribution in [0.15, 0.2) is 42.5 Å². The number of methoxy groups -OCH3 is 1. The summed E-state index contributed by atoms with van der Waals surface area (Å²) in [4.78, 5) is 26.4. The Hall–Kier alpha value is -2.96. The Balaban J connectivity index is 1.95. The van der Waals surface area contributed by atoms with E-state index in [1.165, 1.54) is 25.3 Å². The average molecular weight is 361 g/mol. The van der Waals surface area contributed by atoms with Crippen LogP contribution in [0.2, 0.25) is 0 Å². The van der Waals surface area contributed by atoms with Gasteiger partial charge in [-0.1, -0.05) is 12.1 Å². The summed E-state index contributed by atoms with van der Waals surface area (Å²) in [6.45, 7) is -2.49. The molecule has 1 amide bonds. The van der Waals surface area contributed by atoms with Crippen molar-refractivity contribution in [2.75, 3.05) is 18.6 Å². The minimum absolute atomic E-state index is 0.0774. The number of rotatable bonds is 4. The number of benzene rings is 2. The summed E-state index contributed by atoms with van der Waals surface area (Å²) >= 11 is 0. The maximum Gasteiger partial charge on any atom is 0.387 e. The standard InChI is InChI=1S/C19H17F2NO4/c1-25-18(24)15-7-3-9-16-14(15)8-4-10-22(16)17(23)12-5-2-6-13(11-12)26-19(20)21/h2-3,5-7,9,11,19H,4,8,10H2,1H3. The molecule has 0 saturated heterocycles. The largest absolute Gasteiger partial charge is 0.465 e. The Bertz CT molecular complexity index is 838. The molecule has 5 nitrogen and oxygen atoms in total. The molecule has 136 valence electrons. The first-order valence-corrected chi connectivity index (χ1v) is 8.08. The highest BCUT2D eigenvalue weighted by atomic mass is 19.3. The van der Waals surface area contributed by atoms with E-state index in [9.17, 15) is 18.4 Å². The summed E-state index contributed by atoms with van der Waals surface area (Å²) in [5.41, 5.74) is 2.04. The Morgan fingerprint density at radius 2 is 1.92 bits per heavy atom. The number of hydrogen-bond donors (Lipinski definition) is 0. The number of nitrogens with zero attached hydrogens (tertiary/aromatic N) is 1. The van der Waals surface area contributed by atoms with Crippen LogP contribution < -0.4 is 9.64 Å². The normalized spacial score (nSPS) is 13.3. The molecular formula is C19H17F2NO4. The molecule has 3 rings (SSSR count). The third kappa shape index (κ3) is 3.51. The van der Waals surface area contributed by atoms with Crippen LogP contribution in [0.1, 0.15) is 32.7 Å². The van der Waals surface area contributed by atoms with Crippen LogP contribution >= 0.6 is 0 Å². The van der Waals surface area contributed by atoms with E-state index >= 15 is 0 Å². The minimum atomic E-state index is -2.96. The maximum absolute atomic E-state index is 12.9. The zero-order valence-electron chi connectivity index (χ0n) is 14.1. The van der Waals surface area contributed by atoms with Gasteiger partial charge in [0, 0.05) is 17.8 Å². The van der Waals surface area contributed by atoms with Crippen molar-refractivity contribution in [1.29, 1.82) is 0 Å². The van der Waals surface area contributed by atoms with Gasteiger partial charge in [0.05, 0.1) is 12.7 Å². The van der Waals surface area contributed by atoms with E-state index < -0.39 is 12.6 Å². The molecule has 0 aromatic heterocycles. The topological polar surface area (TPSA) is 55.8 Å². The molecule has 0 atom stereocenters. The number of anilines is 1. The van der Waals surface area contributed by atoms with Crippen molar-refractivity contribution < 1.29 is 27.8 Å². The van der Waals surface area contributed by atoms with Gasteiger partial charge in [-0.05, 0) is 48.7 Å². The summed E-state index contributed by atoms with van der Waals surface area (Å²) in [5.74, 6) is -0.873. The van der Waals surface area contributed by atoms with Crippen LogP contribution in [0.3, 0.4) is 0 Å². The molecule has 1 aliphatic rings. The average Bonchev–Trinajstić information content (AvgIpc) is 2.65. The molecule has 0 unspecified atom stereocenters. The Morgan fingerprint density at radius 3 is 2.65 bits per heavy atom. The summed E-state index contributed by atoms with van der Waals surface area (Å²) in [6.07, 6.45) is 1.33. The highest BCUT2D eigenvalue weighted by Crippen LogP contribution is 2.32. The third-order valence-electron chi connectivity index (χ3n) is 4.21. The third-order valence-corrected chi connectivity index (χ3v) is 4.21. The first-order chi connectivity index (χ1) is 12.5. The van der Waals surface area contributed by atoms with Gasteiger partial charge in [-0.3, -0.25) is 4.79 Å². The van der Waals surface area contributed by atoms with Crippen molar-refractivity contribution in [2.45, 2.75) is 19.5 Å². The molecule has 0 aliphatic carbocycles. The molecule has 0 fully saturated rings. The molecule has 0 bridgehead atoms. The predicted molar refractivity (Wildman–Crippen MR) is 90.9 cm³/mol. The summed E-state index contributed by atoms with van der Waals surface area (Å²) < 4.78 is 34.0. The molecule has 0 saturated carbocycles. The summed E-state index contributed by atoms with van der Waals surface area (Å²) in [5, 5.41) is 0. The first-order valence-electron chi connectivity index (χ1n) is 8.08. The molecule has 0 spiro atoms. The number of ether oxygens (including phenoxy) is 2. The number of esters is 1. The van der Waals surface area contributed by atoms with Crippen LogP contribution in [-0.2, 0) is 11.2 Å². The molecule has 26 heavy (non-hydrogen) atoms. The maximum atomic E-state index is 12.9. The Labute approximate surface area is 149 Å². The van der Waals surface area contributed by atoms with E-state index in [4.69, 9.17) is 4.74 Å². The zero-order valence-corrected chi connectivity index (χ0v) is 14.1. The molecule has 2 aromatic carbocycles. The molecule has 0 N–H and O–H groups in total. The smallest absolute Gasteiger partial charge is 0.387 e. The van der Waals surface area contributed by atoms with Gasteiger partial charge in [0.15, 0.2) is 0 Å². The molecule has 1 heterocycles. The predicted octanol–water partition coefficient (Wildman–Crippen LogP) is 3.67. The van der Waals surface area contributed by atoms with Crippen LogP contribution in [0, 0.1) is 0 Å². The lowest BCUT2D eigenvalue weighted by Crippen LogP contribution is -2.36. The van der Waals surface area contributed by atoms with Gasteiger partial charge in [-0.25, -0.2) is 4.79 Å². The number of amides is 1. The Morgan fingerprint density at radius 1 is 1.15 bits per heavy atom. The van der Waals surface area contributed by atoms with E-state index in [1.54, 1.807) is 29.2 Å². The fourth-order valence-corrected chi connectivity index (χ4v) is 3.10. The fraction of sp³-hybridized carbons (Fsp3) is 0.263. The van der Waals surface area contributed by atoms with E-state index in [1.807, 2.05) is 0 Å². The number of carbonyl (C=O) groups excluding carboxylic acids is 2. The lowest BCUT2D eigenvalue weighted by atomic mass is 9.95. The quantitative estimate of drug-likeness (QED) is 0.780. The fourth-order valence-electron chi connectivity index (χ4n) is 3.10. The lowest BCUT2D eigenvalue weighted by molar-refractivity contribution is -0.0498. The van der Waals surface area contributed by atoms with Crippen LogP contribution in [0.5, 0.6) is 5.75 Å². The van der Waals surface area contributed by atoms with E-state index in [0.29, 0.717) is 30.6 Å². The van der Waals surface area contributed by atoms with Gasteiger partial charge >= 0.3 is 12.6 Å². The molecule has 0 radical (unpaired) electrons. The number of fused-ring (bicyclic) bond motifs is 1. The van der Waals surface area contributed by atoms with Gasteiger partial charge in [0.2, 0.25) is 0 Å². The lowest BCUT2D eigenvalue weighted by Gasteiger charge is -2.30. The highest BCUT2D eigenvalue weighted by Gasteiger charge is 2.27. The number of alkyl halides is 2. The monoisotopic (exact) mass is 361 g/mol. The SMILES string of the molecule is COC(=O)c1cccc2c1CCCN2C(=O)c1cccc(OC(F)F)c1. The summed E-state index contributed by atoms with van der Waals surface area (Å²) in [6, 6.07) is 10.8. The van der Waals surface area contributed by atoms with Crippen molar-refractivity contribution in [3.05, 3.63) is 59.2 Å². The number of carbonyl (C=O) groups is 2. The van der Waals surface area contributed by atoms with E-state index in [-0.39, 0.29) is 17.2 Å². The van der Waals surface area contributed by atoms with E-state index in [2.05, 4.69) is 4.74 Å². The van der Waals surface area contributed by atoms with Gasteiger partial charge in [-0.15, -0.1) is 0 Å². The molecular weight excluding hydrogens is 344 g/mol. The van der Waals surface area contributed by atoms with Crippen molar-refractivity contribution in [3.8, 4) is 5.75 Å². The number of halogens is 2. The zero-order chi connectivity index (χ0) is 18.7. The van der Waals surface area contributed by atoms with Gasteiger partial charge in [-0.2, -0.15) is 8.78 Å². The van der Waals surface area contributed by atoms with E-state index in [0.717, 1.165) is 5.56 Å². The van der Waals surface area contributed by atoms with Crippen LogP contribution in [0.25, 0.3) is 0 Å². The van der Waals surface area contributed by atoms with Crippen molar-refractivity contribution in [3.63, 3.8) is 0 Å². The van der Waals surface area contributed by atoms with Crippen molar-refractivity contribution >= 4 is 17.6 Å². The highest BCUT2D eigenvalue weighted by molar-refractivity contribution is 6.08. The Kier molecular flexibility index (Phi) is 5.16. The van der Waals surface area contributed by atoms with Crippen molar-refractivity contribution in [2.24, 2.45) is 0 Å². The second kappa shape index (κ2) is 7.51. The van der Waals surface area contributed by atoms with Gasteiger partial charge in [0.25, 0.3) is 5.91 Å². The van der Waals surface area contributed by atoms with Crippen LogP contribution in [0.4, 0.5) is 14.5 Å². The first kappa shape index (κ1) is 17.8. The molecule has 1 aliphatic heterocycles. The van der Waals surface area contributed by atoms with Crippen molar-refractivity contribution in [1.82, 2.24) is 0 Å². The van der Waals surface area contributed by atoms with Gasteiger partial charge in [0.1, 0.15) is 5.75 Å². The summed E-state index contributed by atoms with van der Waals surface area (Å²) in [7, 11) is 1.31. The molecule has 7 heteroatoms. The number of hydrogen-bond acceptors (Lipinski definition) is 4. The minimum Gasteiger partial charge on any atom is -0.465 e. The van der Waals surface area contributed by atoms with Gasteiger partial charge < -0.3 is 14.4 Å². The second-order valence-electron chi connectivity index (χ2n) is 5.76. The van der Waals surface area contributed by atoms with Crippen LogP contribution in [-0.4, -0.2) is 32.1 Å².